The largest absolute Gasteiger partial charge is 0.504 e. The van der Waals surface area contributed by atoms with Gasteiger partial charge in [0, 0.05) is 11.5 Å². The van der Waals surface area contributed by atoms with E-state index in [1.807, 2.05) is 27.7 Å². The topological polar surface area (TPSA) is 100 Å². The Morgan fingerprint density at radius 1 is 1.00 bits per heavy atom. The smallest absolute Gasteiger partial charge is 0.280 e. The molecule has 0 aliphatic heterocycles. The molecule has 1 aliphatic carbocycles. The van der Waals surface area contributed by atoms with Crippen molar-refractivity contribution in [2.45, 2.75) is 46.0 Å². The second-order valence-corrected chi connectivity index (χ2v) is 7.13. The van der Waals surface area contributed by atoms with Crippen LogP contribution in [0.2, 0.25) is 0 Å². The number of allylic oxidation sites excluding steroid dienone is 3. The highest BCUT2D eigenvalue weighted by Crippen LogP contribution is 2.40. The molecule has 0 radical (unpaired) electrons. The van der Waals surface area contributed by atoms with E-state index in [-0.39, 0.29) is 16.9 Å². The lowest BCUT2D eigenvalue weighted by Gasteiger charge is -2.32. The van der Waals surface area contributed by atoms with Crippen LogP contribution in [-0.2, 0) is 15.0 Å². The van der Waals surface area contributed by atoms with E-state index in [1.165, 1.54) is 12.1 Å². The fourth-order valence-electron chi connectivity index (χ4n) is 2.70. The second-order valence-electron chi connectivity index (χ2n) is 7.13. The molecule has 0 atom stereocenters. The monoisotopic (exact) mass is 319 g/mol. The van der Waals surface area contributed by atoms with Gasteiger partial charge in [-0.2, -0.15) is 5.16 Å². The Hall–Kier alpha value is -2.37. The van der Waals surface area contributed by atoms with E-state index in [2.05, 4.69) is 5.16 Å². The maximum atomic E-state index is 12.1. The van der Waals surface area contributed by atoms with Crippen molar-refractivity contribution in [1.82, 2.24) is 5.16 Å². The molecule has 0 bridgehead atoms. The minimum Gasteiger partial charge on any atom is -0.504 e. The summed E-state index contributed by atoms with van der Waals surface area (Å²) in [7, 11) is 0. The average molecular weight is 319 g/mol. The van der Waals surface area contributed by atoms with E-state index in [9.17, 15) is 19.5 Å². The number of nitrogens with one attached hydrogen (secondary N) is 1. The van der Waals surface area contributed by atoms with Crippen molar-refractivity contribution >= 4 is 11.6 Å². The van der Waals surface area contributed by atoms with E-state index in [4.69, 9.17) is 4.52 Å². The zero-order valence-corrected chi connectivity index (χ0v) is 13.7. The molecule has 0 fully saturated rings. The predicted octanol–water partition coefficient (Wildman–Crippen LogP) is 2.57. The fraction of sp³-hybridized carbons (Fsp3) is 0.471. The first-order valence-corrected chi connectivity index (χ1v) is 7.44. The van der Waals surface area contributed by atoms with Crippen LogP contribution >= 0.6 is 0 Å². The van der Waals surface area contributed by atoms with Crippen LogP contribution in [0.4, 0.5) is 0 Å². The van der Waals surface area contributed by atoms with Crippen molar-refractivity contribution in [1.29, 1.82) is 0 Å². The maximum absolute atomic E-state index is 12.1. The molecule has 0 aromatic carbocycles. The van der Waals surface area contributed by atoms with Gasteiger partial charge in [0.1, 0.15) is 5.76 Å². The molecule has 2 rings (SSSR count). The lowest BCUT2D eigenvalue weighted by atomic mass is 9.71. The van der Waals surface area contributed by atoms with E-state index in [0.717, 1.165) is 6.08 Å². The number of aliphatic hydroxyl groups excluding tert-OH is 1. The Labute approximate surface area is 133 Å². The van der Waals surface area contributed by atoms with E-state index < -0.39 is 22.4 Å². The standard InChI is InChI=1S/C17H21NO5/c1-16(2,12-9-13(21)18-23-12)7-8-17(3,4)14-10(19)5-6-11(20)15(14)22/h5-6,9,22H,7-8H2,1-4H3,(H,18,21). The van der Waals surface area contributed by atoms with Gasteiger partial charge in [-0.1, -0.05) is 27.7 Å². The van der Waals surface area contributed by atoms with Crippen molar-refractivity contribution in [2.75, 3.05) is 0 Å². The molecule has 1 aliphatic rings. The first-order chi connectivity index (χ1) is 10.5. The first kappa shape index (κ1) is 17.0. The summed E-state index contributed by atoms with van der Waals surface area (Å²) in [4.78, 5) is 34.9. The number of rotatable bonds is 5. The van der Waals surface area contributed by atoms with Crippen LogP contribution in [0.3, 0.4) is 0 Å². The summed E-state index contributed by atoms with van der Waals surface area (Å²) in [5, 5.41) is 12.3. The first-order valence-electron chi connectivity index (χ1n) is 7.44. The SMILES string of the molecule is CC(C)(CCC(C)(C)c1cc(=O)[nH]o1)C1=C(O)C(=O)C=CC1=O. The number of carbonyl (C=O) groups excluding carboxylic acids is 2. The average Bonchev–Trinajstić information content (AvgIpc) is 2.89. The number of hydrogen-bond donors (Lipinski definition) is 2. The molecule has 2 N–H and O–H groups in total. The van der Waals surface area contributed by atoms with E-state index in [0.29, 0.717) is 18.6 Å². The minimum atomic E-state index is -0.685. The van der Waals surface area contributed by atoms with Crippen LogP contribution in [0.1, 0.15) is 46.3 Å². The van der Waals surface area contributed by atoms with Crippen molar-refractivity contribution in [2.24, 2.45) is 5.41 Å². The molecule has 23 heavy (non-hydrogen) atoms. The minimum absolute atomic E-state index is 0.135. The third-order valence-electron chi connectivity index (χ3n) is 4.35. The van der Waals surface area contributed by atoms with Gasteiger partial charge in [-0.15, -0.1) is 0 Å². The molecule has 0 unspecified atom stereocenters. The summed E-state index contributed by atoms with van der Waals surface area (Å²) in [6.45, 7) is 7.48. The van der Waals surface area contributed by atoms with Crippen LogP contribution < -0.4 is 5.56 Å². The Bertz CT molecular complexity index is 758. The summed E-state index contributed by atoms with van der Waals surface area (Å²) in [5.41, 5.74) is -1.28. The van der Waals surface area contributed by atoms with E-state index >= 15 is 0 Å². The van der Waals surface area contributed by atoms with Gasteiger partial charge in [0.25, 0.3) is 5.56 Å². The molecule has 0 saturated heterocycles. The highest BCUT2D eigenvalue weighted by molar-refractivity contribution is 6.19. The van der Waals surface area contributed by atoms with Crippen LogP contribution in [0.5, 0.6) is 0 Å². The number of carbonyl (C=O) groups is 2. The van der Waals surface area contributed by atoms with Crippen molar-refractivity contribution in [3.63, 3.8) is 0 Å². The number of hydrogen-bond acceptors (Lipinski definition) is 5. The molecule has 6 nitrogen and oxygen atoms in total. The maximum Gasteiger partial charge on any atom is 0.280 e. The summed E-state index contributed by atoms with van der Waals surface area (Å²) in [5.74, 6) is -0.849. The van der Waals surface area contributed by atoms with Gasteiger partial charge in [0.15, 0.2) is 11.5 Å². The van der Waals surface area contributed by atoms with Crippen LogP contribution in [0, 0.1) is 5.41 Å². The second kappa shape index (κ2) is 5.68. The highest BCUT2D eigenvalue weighted by atomic mass is 16.5. The summed E-state index contributed by atoms with van der Waals surface area (Å²) < 4.78 is 5.17. The van der Waals surface area contributed by atoms with Crippen LogP contribution in [-0.4, -0.2) is 21.8 Å². The van der Waals surface area contributed by atoms with E-state index in [1.54, 1.807) is 0 Å². The number of aromatic nitrogens is 1. The Kier molecular flexibility index (Phi) is 4.20. The van der Waals surface area contributed by atoms with Crippen molar-refractivity contribution < 1.29 is 19.2 Å². The third-order valence-corrected chi connectivity index (χ3v) is 4.35. The molecule has 124 valence electrons. The summed E-state index contributed by atoms with van der Waals surface area (Å²) in [6.07, 6.45) is 3.40. The van der Waals surface area contributed by atoms with Gasteiger partial charge in [0.05, 0.1) is 5.57 Å². The number of aromatic amines is 1. The molecule has 1 aromatic heterocycles. The van der Waals surface area contributed by atoms with Gasteiger partial charge in [-0.05, 0) is 30.4 Å². The zero-order chi connectivity index (χ0) is 17.4. The molecule has 0 saturated carbocycles. The van der Waals surface area contributed by atoms with Crippen LogP contribution in [0.15, 0.2) is 38.9 Å². The molecule has 1 heterocycles. The molecule has 0 amide bonds. The predicted molar refractivity (Wildman–Crippen MR) is 84.2 cm³/mol. The van der Waals surface area contributed by atoms with Crippen molar-refractivity contribution in [3.05, 3.63) is 45.7 Å². The number of ketones is 2. The highest BCUT2D eigenvalue weighted by Gasteiger charge is 2.37. The van der Waals surface area contributed by atoms with Gasteiger partial charge >= 0.3 is 0 Å². The van der Waals surface area contributed by atoms with Gasteiger partial charge < -0.3 is 9.63 Å². The zero-order valence-electron chi connectivity index (χ0n) is 13.7. The fourth-order valence-corrected chi connectivity index (χ4v) is 2.70. The Morgan fingerprint density at radius 2 is 1.57 bits per heavy atom. The van der Waals surface area contributed by atoms with Crippen molar-refractivity contribution in [3.8, 4) is 0 Å². The lowest BCUT2D eigenvalue weighted by molar-refractivity contribution is -0.117. The Balaban J connectivity index is 2.21. The molecule has 1 aromatic rings. The number of aliphatic hydroxyl groups is 1. The van der Waals surface area contributed by atoms with Gasteiger partial charge in [-0.25, -0.2) is 0 Å². The Morgan fingerprint density at radius 3 is 2.13 bits per heavy atom. The normalized spacial score (nSPS) is 16.3. The lowest BCUT2D eigenvalue weighted by Crippen LogP contribution is -2.29. The van der Waals surface area contributed by atoms with Gasteiger partial charge in [-0.3, -0.25) is 14.4 Å². The number of H-pyrrole nitrogens is 1. The third kappa shape index (κ3) is 3.36. The van der Waals surface area contributed by atoms with Gasteiger partial charge in [0.2, 0.25) is 5.78 Å². The molecule has 6 heteroatoms. The molecule has 0 spiro atoms. The summed E-state index contributed by atoms with van der Waals surface area (Å²) in [6, 6.07) is 1.40. The molecular formula is C17H21NO5. The van der Waals surface area contributed by atoms with Crippen LogP contribution in [0.25, 0.3) is 0 Å². The quantitative estimate of drug-likeness (QED) is 0.812. The summed E-state index contributed by atoms with van der Waals surface area (Å²) >= 11 is 0. The molecular weight excluding hydrogens is 298 g/mol.